The van der Waals surface area contributed by atoms with Gasteiger partial charge in [0.2, 0.25) is 12.2 Å². The van der Waals surface area contributed by atoms with Crippen LogP contribution in [0.25, 0.3) is 0 Å². The molecule has 0 radical (unpaired) electrons. The van der Waals surface area contributed by atoms with Crippen molar-refractivity contribution in [1.82, 2.24) is 9.55 Å². The van der Waals surface area contributed by atoms with Crippen LogP contribution in [0.2, 0.25) is 0 Å². The van der Waals surface area contributed by atoms with Gasteiger partial charge in [0.1, 0.15) is 18.5 Å². The zero-order valence-electron chi connectivity index (χ0n) is 14.4. The average molecular weight is 364 g/mol. The van der Waals surface area contributed by atoms with E-state index in [1.807, 2.05) is 0 Å². The van der Waals surface area contributed by atoms with E-state index >= 15 is 0 Å². The average Bonchev–Trinajstić information content (AvgIpc) is 2.97. The third kappa shape index (κ3) is 5.18. The molecule has 0 aliphatic rings. The van der Waals surface area contributed by atoms with E-state index in [1.165, 1.54) is 17.8 Å². The van der Waals surface area contributed by atoms with Crippen molar-refractivity contribution in [2.45, 2.75) is 26.5 Å². The van der Waals surface area contributed by atoms with E-state index in [-0.39, 0.29) is 31.5 Å². The number of hydrogen-bond donors (Lipinski definition) is 2. The number of nitrogens with zero attached hydrogens (tertiary/aromatic N) is 3. The number of rotatable bonds is 9. The fourth-order valence-corrected chi connectivity index (χ4v) is 2.21. The first-order chi connectivity index (χ1) is 12.4. The molecule has 10 nitrogen and oxygen atoms in total. The summed E-state index contributed by atoms with van der Waals surface area (Å²) < 4.78 is 12.1. The number of aliphatic hydroxyl groups excluding tert-OH is 1. The molecule has 1 aromatic heterocycles. The number of aromatic nitrogens is 2. The first kappa shape index (κ1) is 19.2. The topological polar surface area (TPSA) is 129 Å². The van der Waals surface area contributed by atoms with Crippen LogP contribution in [0.3, 0.4) is 0 Å². The van der Waals surface area contributed by atoms with Crippen LogP contribution < -0.4 is 14.8 Å². The number of anilines is 1. The van der Waals surface area contributed by atoms with Crippen molar-refractivity contribution >= 4 is 17.4 Å². The highest BCUT2D eigenvalue weighted by Crippen LogP contribution is 2.25. The summed E-state index contributed by atoms with van der Waals surface area (Å²) in [6.07, 6.45) is 0.312. The summed E-state index contributed by atoms with van der Waals surface area (Å²) in [5.74, 6) is -0.0573. The number of hydrogen-bond acceptors (Lipinski definition) is 7. The van der Waals surface area contributed by atoms with Crippen LogP contribution in [0.5, 0.6) is 11.6 Å². The summed E-state index contributed by atoms with van der Waals surface area (Å²) in [6, 6.07) is 6.67. The van der Waals surface area contributed by atoms with Gasteiger partial charge in [-0.1, -0.05) is 0 Å². The van der Waals surface area contributed by atoms with Crippen molar-refractivity contribution in [1.29, 1.82) is 0 Å². The van der Waals surface area contributed by atoms with E-state index in [9.17, 15) is 20.0 Å². The van der Waals surface area contributed by atoms with E-state index in [4.69, 9.17) is 9.47 Å². The Morgan fingerprint density at radius 1 is 1.38 bits per heavy atom. The lowest BCUT2D eigenvalue weighted by molar-refractivity contribution is -0.390. The number of nitrogens with one attached hydrogen (secondary N) is 1. The van der Waals surface area contributed by atoms with E-state index in [1.54, 1.807) is 31.2 Å². The van der Waals surface area contributed by atoms with Crippen LogP contribution in [-0.4, -0.2) is 44.8 Å². The molecule has 1 atom stereocenters. The zero-order valence-corrected chi connectivity index (χ0v) is 14.4. The molecule has 0 fully saturated rings. The van der Waals surface area contributed by atoms with Gasteiger partial charge >= 0.3 is 5.82 Å². The van der Waals surface area contributed by atoms with Gasteiger partial charge in [-0.15, -0.1) is 0 Å². The van der Waals surface area contributed by atoms with Crippen LogP contribution in [0.1, 0.15) is 13.8 Å². The minimum absolute atomic E-state index is 0.00351. The molecule has 26 heavy (non-hydrogen) atoms. The SMILES string of the molecule is CCOc1c([N+](=O)[O-])ncn1CC(O)COc1ccc(NC(C)=O)cc1. The summed E-state index contributed by atoms with van der Waals surface area (Å²) in [5.41, 5.74) is 0.637. The summed E-state index contributed by atoms with van der Waals surface area (Å²) in [4.78, 5) is 25.0. The molecule has 0 aliphatic carbocycles. The van der Waals surface area contributed by atoms with E-state index in [0.29, 0.717) is 11.4 Å². The highest BCUT2D eigenvalue weighted by Gasteiger charge is 2.24. The molecule has 0 spiro atoms. The van der Waals surface area contributed by atoms with E-state index < -0.39 is 16.8 Å². The fraction of sp³-hybridized carbons (Fsp3) is 0.375. The van der Waals surface area contributed by atoms with E-state index in [0.717, 1.165) is 0 Å². The number of imidazole rings is 1. The van der Waals surface area contributed by atoms with Crippen LogP contribution in [-0.2, 0) is 11.3 Å². The van der Waals surface area contributed by atoms with Crippen molar-refractivity contribution in [3.05, 3.63) is 40.7 Å². The molecule has 0 saturated heterocycles. The molecule has 0 bridgehead atoms. The number of nitro groups is 1. The number of benzene rings is 1. The van der Waals surface area contributed by atoms with Gasteiger partial charge in [0.25, 0.3) is 5.88 Å². The summed E-state index contributed by atoms with van der Waals surface area (Å²) >= 11 is 0. The van der Waals surface area contributed by atoms with Gasteiger partial charge in [-0.2, -0.15) is 0 Å². The molecule has 0 saturated carbocycles. The molecule has 140 valence electrons. The van der Waals surface area contributed by atoms with Gasteiger partial charge in [-0.25, -0.2) is 0 Å². The van der Waals surface area contributed by atoms with Crippen LogP contribution >= 0.6 is 0 Å². The van der Waals surface area contributed by atoms with Gasteiger partial charge < -0.3 is 30.0 Å². The zero-order chi connectivity index (χ0) is 19.1. The smallest absolute Gasteiger partial charge is 0.426 e. The van der Waals surface area contributed by atoms with E-state index in [2.05, 4.69) is 10.3 Å². The third-order valence-corrected chi connectivity index (χ3v) is 3.25. The molecule has 10 heteroatoms. The third-order valence-electron chi connectivity index (χ3n) is 3.25. The second-order valence-corrected chi connectivity index (χ2v) is 5.39. The minimum Gasteiger partial charge on any atom is -0.491 e. The number of amides is 1. The lowest BCUT2D eigenvalue weighted by Gasteiger charge is -2.14. The Morgan fingerprint density at radius 2 is 2.08 bits per heavy atom. The summed E-state index contributed by atoms with van der Waals surface area (Å²) in [5, 5.41) is 23.7. The maximum Gasteiger partial charge on any atom is 0.426 e. The van der Waals surface area contributed by atoms with Gasteiger partial charge in [-0.3, -0.25) is 9.36 Å². The standard InChI is InChI=1S/C16H20N4O6/c1-3-25-16-15(20(23)24)17-10-19(16)8-13(22)9-26-14-6-4-12(5-7-14)18-11(2)21/h4-7,10,13,22H,3,8-9H2,1-2H3,(H,18,21). The molecular formula is C16H20N4O6. The van der Waals surface area contributed by atoms with Crippen LogP contribution in [0.4, 0.5) is 11.5 Å². The number of carbonyl (C=O) groups is 1. The lowest BCUT2D eigenvalue weighted by atomic mass is 10.3. The molecule has 1 aromatic carbocycles. The Kier molecular flexibility index (Phi) is 6.50. The first-order valence-electron chi connectivity index (χ1n) is 7.91. The molecule has 2 aromatic rings. The highest BCUT2D eigenvalue weighted by molar-refractivity contribution is 5.88. The van der Waals surface area contributed by atoms with Crippen LogP contribution in [0.15, 0.2) is 30.6 Å². The normalized spacial score (nSPS) is 11.7. The monoisotopic (exact) mass is 364 g/mol. The van der Waals surface area contributed by atoms with Crippen molar-refractivity contribution < 1.29 is 24.3 Å². The number of carbonyl (C=O) groups excluding carboxylic acids is 1. The predicted octanol–water partition coefficient (Wildman–Crippen LogP) is 1.59. The lowest BCUT2D eigenvalue weighted by Crippen LogP contribution is -2.23. The summed E-state index contributed by atoms with van der Waals surface area (Å²) in [6.45, 7) is 3.35. The van der Waals surface area contributed by atoms with Gasteiger partial charge in [0.05, 0.1) is 13.2 Å². The predicted molar refractivity (Wildman–Crippen MR) is 92.3 cm³/mol. The van der Waals surface area contributed by atoms with Crippen molar-refractivity contribution in [3.8, 4) is 11.6 Å². The Labute approximate surface area is 149 Å². The molecule has 1 unspecified atom stereocenters. The van der Waals surface area contributed by atoms with Gasteiger partial charge in [0.15, 0.2) is 0 Å². The summed E-state index contributed by atoms with van der Waals surface area (Å²) in [7, 11) is 0. The quantitative estimate of drug-likeness (QED) is 0.510. The Hall–Kier alpha value is -3.14. The molecule has 1 amide bonds. The second kappa shape index (κ2) is 8.81. The van der Waals surface area contributed by atoms with Gasteiger partial charge in [-0.05, 0) is 41.1 Å². The Balaban J connectivity index is 1.93. The fourth-order valence-electron chi connectivity index (χ4n) is 2.21. The maximum absolute atomic E-state index is 11.0. The molecule has 2 rings (SSSR count). The van der Waals surface area contributed by atoms with Crippen LogP contribution in [0, 0.1) is 10.1 Å². The number of ether oxygens (including phenoxy) is 2. The largest absolute Gasteiger partial charge is 0.491 e. The maximum atomic E-state index is 11.0. The molecule has 2 N–H and O–H groups in total. The van der Waals surface area contributed by atoms with Crippen molar-refractivity contribution in [2.75, 3.05) is 18.5 Å². The Bertz CT molecular complexity index is 759. The molecule has 1 heterocycles. The van der Waals surface area contributed by atoms with Crippen molar-refractivity contribution in [2.24, 2.45) is 0 Å². The Morgan fingerprint density at radius 3 is 2.65 bits per heavy atom. The highest BCUT2D eigenvalue weighted by atomic mass is 16.6. The molecule has 0 aliphatic heterocycles. The second-order valence-electron chi connectivity index (χ2n) is 5.39. The van der Waals surface area contributed by atoms with Crippen molar-refractivity contribution in [3.63, 3.8) is 0 Å². The first-order valence-corrected chi connectivity index (χ1v) is 7.91. The minimum atomic E-state index is -0.932. The number of aliphatic hydroxyl groups is 1. The molecular weight excluding hydrogens is 344 g/mol. The van der Waals surface area contributed by atoms with Gasteiger partial charge in [0, 0.05) is 12.6 Å².